The third-order valence-electron chi connectivity index (χ3n) is 3.86. The molecule has 0 saturated heterocycles. The SMILES string of the molecule is COc1cc(C)ccc1NC(=O)NCC(CCO)c1ccccc1. The van der Waals surface area contributed by atoms with Gasteiger partial charge in [-0.2, -0.15) is 0 Å². The third-order valence-corrected chi connectivity index (χ3v) is 3.86. The number of carbonyl (C=O) groups is 1. The minimum Gasteiger partial charge on any atom is -0.495 e. The van der Waals surface area contributed by atoms with Crippen LogP contribution in [0.15, 0.2) is 48.5 Å². The smallest absolute Gasteiger partial charge is 0.319 e. The van der Waals surface area contributed by atoms with Crippen LogP contribution < -0.4 is 15.4 Å². The molecule has 5 heteroatoms. The van der Waals surface area contributed by atoms with Gasteiger partial charge in [-0.15, -0.1) is 0 Å². The number of aliphatic hydroxyl groups excluding tert-OH is 1. The Hall–Kier alpha value is -2.53. The highest BCUT2D eigenvalue weighted by molar-refractivity contribution is 5.91. The van der Waals surface area contributed by atoms with Crippen LogP contribution in [0, 0.1) is 6.92 Å². The molecule has 2 rings (SSSR count). The molecule has 2 amide bonds. The van der Waals surface area contributed by atoms with Gasteiger partial charge < -0.3 is 20.5 Å². The second kappa shape index (κ2) is 8.93. The molecule has 5 nitrogen and oxygen atoms in total. The van der Waals surface area contributed by atoms with Crippen LogP contribution in [0.1, 0.15) is 23.5 Å². The zero-order chi connectivity index (χ0) is 17.4. The fraction of sp³-hybridized carbons (Fsp3) is 0.316. The first-order valence-corrected chi connectivity index (χ1v) is 7.99. The van der Waals surface area contributed by atoms with Gasteiger partial charge in [0, 0.05) is 19.1 Å². The first-order chi connectivity index (χ1) is 11.6. The molecule has 0 aromatic heterocycles. The number of methoxy groups -OCH3 is 1. The number of hydrogen-bond acceptors (Lipinski definition) is 3. The number of anilines is 1. The second-order valence-electron chi connectivity index (χ2n) is 5.66. The standard InChI is InChI=1S/C19H24N2O3/c1-14-8-9-17(18(12-14)24-2)21-19(23)20-13-16(10-11-22)15-6-4-3-5-7-15/h3-9,12,16,22H,10-11,13H2,1-2H3,(H2,20,21,23). The number of benzene rings is 2. The van der Waals surface area contributed by atoms with E-state index >= 15 is 0 Å². The van der Waals surface area contributed by atoms with Crippen molar-refractivity contribution in [2.24, 2.45) is 0 Å². The van der Waals surface area contributed by atoms with E-state index in [1.807, 2.05) is 55.5 Å². The minimum atomic E-state index is -0.295. The molecule has 0 aliphatic rings. The lowest BCUT2D eigenvalue weighted by molar-refractivity contribution is 0.248. The summed E-state index contributed by atoms with van der Waals surface area (Å²) >= 11 is 0. The van der Waals surface area contributed by atoms with E-state index < -0.39 is 0 Å². The Morgan fingerprint density at radius 3 is 2.62 bits per heavy atom. The number of nitrogens with one attached hydrogen (secondary N) is 2. The molecular formula is C19H24N2O3. The van der Waals surface area contributed by atoms with Crippen molar-refractivity contribution in [1.29, 1.82) is 0 Å². The molecule has 3 N–H and O–H groups in total. The molecule has 0 fully saturated rings. The van der Waals surface area contributed by atoms with Gasteiger partial charge in [-0.1, -0.05) is 36.4 Å². The zero-order valence-electron chi connectivity index (χ0n) is 14.1. The Balaban J connectivity index is 1.96. The normalized spacial score (nSPS) is 11.6. The molecule has 0 aliphatic heterocycles. The lowest BCUT2D eigenvalue weighted by atomic mass is 9.96. The highest BCUT2D eigenvalue weighted by atomic mass is 16.5. The van der Waals surface area contributed by atoms with Crippen molar-refractivity contribution in [2.75, 3.05) is 25.6 Å². The van der Waals surface area contributed by atoms with E-state index in [0.29, 0.717) is 24.4 Å². The monoisotopic (exact) mass is 328 g/mol. The summed E-state index contributed by atoms with van der Waals surface area (Å²) in [6, 6.07) is 15.2. The van der Waals surface area contributed by atoms with E-state index in [9.17, 15) is 9.90 Å². The maximum atomic E-state index is 12.2. The summed E-state index contributed by atoms with van der Waals surface area (Å²) in [4.78, 5) is 12.2. The Kier molecular flexibility index (Phi) is 6.63. The topological polar surface area (TPSA) is 70.6 Å². The van der Waals surface area contributed by atoms with Crippen LogP contribution in [-0.4, -0.2) is 31.4 Å². The zero-order valence-corrected chi connectivity index (χ0v) is 14.1. The van der Waals surface area contributed by atoms with Crippen molar-refractivity contribution in [3.63, 3.8) is 0 Å². The quantitative estimate of drug-likeness (QED) is 0.730. The first kappa shape index (κ1) is 17.8. The van der Waals surface area contributed by atoms with Crippen LogP contribution in [0.3, 0.4) is 0 Å². The van der Waals surface area contributed by atoms with Gasteiger partial charge in [-0.25, -0.2) is 4.79 Å². The van der Waals surface area contributed by atoms with Crippen LogP contribution in [0.2, 0.25) is 0 Å². The molecule has 0 aliphatic carbocycles. The number of hydrogen-bond donors (Lipinski definition) is 3. The predicted molar refractivity (Wildman–Crippen MR) is 95.6 cm³/mol. The average molecular weight is 328 g/mol. The van der Waals surface area contributed by atoms with Crippen molar-refractivity contribution in [3.05, 3.63) is 59.7 Å². The molecule has 1 unspecified atom stereocenters. The van der Waals surface area contributed by atoms with Gasteiger partial charge in [-0.3, -0.25) is 0 Å². The first-order valence-electron chi connectivity index (χ1n) is 7.99. The Morgan fingerprint density at radius 2 is 1.96 bits per heavy atom. The largest absolute Gasteiger partial charge is 0.495 e. The Bertz CT molecular complexity index is 659. The summed E-state index contributed by atoms with van der Waals surface area (Å²) < 4.78 is 5.28. The average Bonchev–Trinajstić information content (AvgIpc) is 2.60. The molecule has 0 radical (unpaired) electrons. The van der Waals surface area contributed by atoms with Gasteiger partial charge in [0.25, 0.3) is 0 Å². The maximum absolute atomic E-state index is 12.2. The van der Waals surface area contributed by atoms with Gasteiger partial charge in [0.05, 0.1) is 12.8 Å². The van der Waals surface area contributed by atoms with Crippen LogP contribution in [-0.2, 0) is 0 Å². The number of ether oxygens (including phenoxy) is 1. The van der Waals surface area contributed by atoms with Gasteiger partial charge >= 0.3 is 6.03 Å². The summed E-state index contributed by atoms with van der Waals surface area (Å²) in [5.41, 5.74) is 2.78. The highest BCUT2D eigenvalue weighted by Gasteiger charge is 2.13. The summed E-state index contributed by atoms with van der Waals surface area (Å²) in [5.74, 6) is 0.696. The molecule has 0 spiro atoms. The Morgan fingerprint density at radius 1 is 1.21 bits per heavy atom. The third kappa shape index (κ3) is 4.99. The van der Waals surface area contributed by atoms with E-state index in [1.54, 1.807) is 7.11 Å². The van der Waals surface area contributed by atoms with Crippen LogP contribution in [0.25, 0.3) is 0 Å². The van der Waals surface area contributed by atoms with Crippen LogP contribution in [0.4, 0.5) is 10.5 Å². The molecule has 0 saturated carbocycles. The number of carbonyl (C=O) groups excluding carboxylic acids is 1. The number of urea groups is 1. The fourth-order valence-electron chi connectivity index (χ4n) is 2.55. The van der Waals surface area contributed by atoms with Gasteiger partial charge in [0.1, 0.15) is 5.75 Å². The van der Waals surface area contributed by atoms with Crippen LogP contribution >= 0.6 is 0 Å². The molecular weight excluding hydrogens is 304 g/mol. The second-order valence-corrected chi connectivity index (χ2v) is 5.66. The molecule has 1 atom stereocenters. The lowest BCUT2D eigenvalue weighted by Gasteiger charge is -2.18. The molecule has 2 aromatic carbocycles. The molecule has 0 heterocycles. The van der Waals surface area contributed by atoms with E-state index in [0.717, 1.165) is 11.1 Å². The molecule has 0 bridgehead atoms. The molecule has 24 heavy (non-hydrogen) atoms. The van der Waals surface area contributed by atoms with E-state index in [2.05, 4.69) is 10.6 Å². The van der Waals surface area contributed by atoms with Crippen molar-refractivity contribution in [2.45, 2.75) is 19.3 Å². The lowest BCUT2D eigenvalue weighted by Crippen LogP contribution is -2.32. The van der Waals surface area contributed by atoms with Crippen molar-refractivity contribution in [3.8, 4) is 5.75 Å². The summed E-state index contributed by atoms with van der Waals surface area (Å²) in [5, 5.41) is 14.9. The number of aliphatic hydroxyl groups is 1. The van der Waals surface area contributed by atoms with Crippen LogP contribution in [0.5, 0.6) is 5.75 Å². The summed E-state index contributed by atoms with van der Waals surface area (Å²) in [6.07, 6.45) is 0.595. The van der Waals surface area contributed by atoms with Gasteiger partial charge in [0.15, 0.2) is 0 Å². The summed E-state index contributed by atoms with van der Waals surface area (Å²) in [6.45, 7) is 2.49. The molecule has 2 aromatic rings. The van der Waals surface area contributed by atoms with Crippen molar-refractivity contribution < 1.29 is 14.6 Å². The maximum Gasteiger partial charge on any atom is 0.319 e. The number of rotatable bonds is 7. The molecule has 128 valence electrons. The predicted octanol–water partition coefficient (Wildman–Crippen LogP) is 3.29. The summed E-state index contributed by atoms with van der Waals surface area (Å²) in [7, 11) is 1.57. The van der Waals surface area contributed by atoms with Crippen molar-refractivity contribution in [1.82, 2.24) is 5.32 Å². The fourth-order valence-corrected chi connectivity index (χ4v) is 2.55. The Labute approximate surface area is 142 Å². The van der Waals surface area contributed by atoms with E-state index in [1.165, 1.54) is 0 Å². The van der Waals surface area contributed by atoms with Gasteiger partial charge in [-0.05, 0) is 36.6 Å². The highest BCUT2D eigenvalue weighted by Crippen LogP contribution is 2.25. The minimum absolute atomic E-state index is 0.0712. The van der Waals surface area contributed by atoms with Gasteiger partial charge in [0.2, 0.25) is 0 Å². The van der Waals surface area contributed by atoms with Crippen molar-refractivity contribution >= 4 is 11.7 Å². The number of amides is 2. The van der Waals surface area contributed by atoms with E-state index in [-0.39, 0.29) is 18.6 Å². The number of aryl methyl sites for hydroxylation is 1. The van der Waals surface area contributed by atoms with E-state index in [4.69, 9.17) is 4.74 Å².